The number of hydrogen-bond acceptors (Lipinski definition) is 3. The lowest BCUT2D eigenvalue weighted by Crippen LogP contribution is -1.93. The molecule has 0 spiro atoms. The van der Waals surface area contributed by atoms with Crippen LogP contribution in [-0.2, 0) is 0 Å². The molecule has 0 unspecified atom stereocenters. The second-order valence-corrected chi connectivity index (χ2v) is 4.44. The van der Waals surface area contributed by atoms with E-state index in [1.807, 2.05) is 0 Å². The zero-order valence-electron chi connectivity index (χ0n) is 9.61. The third-order valence-corrected chi connectivity index (χ3v) is 2.95. The van der Waals surface area contributed by atoms with Crippen molar-refractivity contribution in [2.24, 2.45) is 0 Å². The molecule has 2 aromatic rings. The highest BCUT2D eigenvalue weighted by molar-refractivity contribution is 9.10. The summed E-state index contributed by atoms with van der Waals surface area (Å²) in [5, 5.41) is 0. The number of rotatable bonds is 3. The number of hydrogen-bond donors (Lipinski definition) is 1. The SMILES string of the molecule is COc1ccc(N)c(Oc2ccc(F)c(Br)c2)c1. The Morgan fingerprint density at radius 3 is 2.50 bits per heavy atom. The van der Waals surface area contributed by atoms with E-state index < -0.39 is 0 Å². The van der Waals surface area contributed by atoms with Gasteiger partial charge in [0.1, 0.15) is 17.3 Å². The maximum absolute atomic E-state index is 13.1. The molecule has 0 bridgehead atoms. The first-order valence-corrected chi connectivity index (χ1v) is 5.96. The summed E-state index contributed by atoms with van der Waals surface area (Å²) >= 11 is 3.10. The first-order chi connectivity index (χ1) is 8.60. The highest BCUT2D eigenvalue weighted by atomic mass is 79.9. The average molecular weight is 312 g/mol. The quantitative estimate of drug-likeness (QED) is 0.872. The van der Waals surface area contributed by atoms with E-state index in [-0.39, 0.29) is 5.82 Å². The minimum atomic E-state index is -0.346. The summed E-state index contributed by atoms with van der Waals surface area (Å²) < 4.78 is 24.1. The van der Waals surface area contributed by atoms with Crippen LogP contribution in [0.2, 0.25) is 0 Å². The predicted octanol–water partition coefficient (Wildman–Crippen LogP) is 3.97. The van der Waals surface area contributed by atoms with Crippen LogP contribution in [0.5, 0.6) is 17.2 Å². The molecular formula is C13H11BrFNO2. The lowest BCUT2D eigenvalue weighted by atomic mass is 10.2. The van der Waals surface area contributed by atoms with E-state index in [4.69, 9.17) is 15.2 Å². The first kappa shape index (κ1) is 12.7. The van der Waals surface area contributed by atoms with Crippen LogP contribution in [0.1, 0.15) is 0 Å². The number of nitrogen functional groups attached to an aromatic ring is 1. The molecule has 18 heavy (non-hydrogen) atoms. The van der Waals surface area contributed by atoms with E-state index in [1.54, 1.807) is 25.3 Å². The van der Waals surface area contributed by atoms with Gasteiger partial charge in [0.15, 0.2) is 5.75 Å². The van der Waals surface area contributed by atoms with Crippen molar-refractivity contribution in [3.63, 3.8) is 0 Å². The minimum absolute atomic E-state index is 0.335. The molecule has 0 aliphatic heterocycles. The van der Waals surface area contributed by atoms with E-state index in [2.05, 4.69) is 15.9 Å². The molecule has 2 rings (SSSR count). The molecule has 2 N–H and O–H groups in total. The van der Waals surface area contributed by atoms with Gasteiger partial charge in [-0.1, -0.05) is 0 Å². The van der Waals surface area contributed by atoms with Gasteiger partial charge in [0, 0.05) is 6.07 Å². The summed E-state index contributed by atoms with van der Waals surface area (Å²) in [5.74, 6) is 1.25. The summed E-state index contributed by atoms with van der Waals surface area (Å²) in [6.45, 7) is 0. The fourth-order valence-corrected chi connectivity index (χ4v) is 1.76. The Balaban J connectivity index is 2.30. The smallest absolute Gasteiger partial charge is 0.153 e. The Hall–Kier alpha value is -1.75. The number of benzene rings is 2. The molecule has 0 aliphatic carbocycles. The van der Waals surface area contributed by atoms with Gasteiger partial charge in [-0.2, -0.15) is 0 Å². The molecule has 0 saturated heterocycles. The van der Waals surface area contributed by atoms with Gasteiger partial charge in [-0.25, -0.2) is 4.39 Å². The molecular weight excluding hydrogens is 301 g/mol. The van der Waals surface area contributed by atoms with Crippen molar-refractivity contribution >= 4 is 21.6 Å². The molecule has 0 amide bonds. The van der Waals surface area contributed by atoms with Gasteiger partial charge in [0.05, 0.1) is 17.3 Å². The normalized spacial score (nSPS) is 10.2. The third kappa shape index (κ3) is 2.73. The molecule has 0 aromatic heterocycles. The third-order valence-electron chi connectivity index (χ3n) is 2.34. The van der Waals surface area contributed by atoms with Gasteiger partial charge in [0.25, 0.3) is 0 Å². The predicted molar refractivity (Wildman–Crippen MR) is 71.6 cm³/mol. The maximum atomic E-state index is 13.1. The van der Waals surface area contributed by atoms with Gasteiger partial charge in [-0.3, -0.25) is 0 Å². The molecule has 2 aromatic carbocycles. The number of halogens is 2. The van der Waals surface area contributed by atoms with Gasteiger partial charge >= 0.3 is 0 Å². The van der Waals surface area contributed by atoms with Crippen molar-refractivity contribution in [3.05, 3.63) is 46.7 Å². The van der Waals surface area contributed by atoms with Crippen LogP contribution in [0.4, 0.5) is 10.1 Å². The number of ether oxygens (including phenoxy) is 2. The topological polar surface area (TPSA) is 44.5 Å². The summed E-state index contributed by atoms with van der Waals surface area (Å²) in [6.07, 6.45) is 0. The second kappa shape index (κ2) is 5.27. The lowest BCUT2D eigenvalue weighted by molar-refractivity contribution is 0.409. The Morgan fingerprint density at radius 2 is 1.83 bits per heavy atom. The fraction of sp³-hybridized carbons (Fsp3) is 0.0769. The van der Waals surface area contributed by atoms with Crippen LogP contribution in [-0.4, -0.2) is 7.11 Å². The van der Waals surface area contributed by atoms with Crippen molar-refractivity contribution < 1.29 is 13.9 Å². The highest BCUT2D eigenvalue weighted by Crippen LogP contribution is 2.32. The molecule has 0 radical (unpaired) electrons. The Bertz CT molecular complexity index is 575. The largest absolute Gasteiger partial charge is 0.497 e. The highest BCUT2D eigenvalue weighted by Gasteiger charge is 2.06. The number of methoxy groups -OCH3 is 1. The van der Waals surface area contributed by atoms with Crippen molar-refractivity contribution in [3.8, 4) is 17.2 Å². The summed E-state index contributed by atoms with van der Waals surface area (Å²) in [5.41, 5.74) is 6.28. The standard InChI is InChI=1S/C13H11BrFNO2/c1-17-8-3-5-12(16)13(7-8)18-9-2-4-11(15)10(14)6-9/h2-7H,16H2,1H3. The molecule has 0 atom stereocenters. The minimum Gasteiger partial charge on any atom is -0.497 e. The van der Waals surface area contributed by atoms with Crippen LogP contribution in [0.3, 0.4) is 0 Å². The van der Waals surface area contributed by atoms with Gasteiger partial charge in [-0.15, -0.1) is 0 Å². The zero-order valence-corrected chi connectivity index (χ0v) is 11.2. The Kier molecular flexibility index (Phi) is 3.72. The second-order valence-electron chi connectivity index (χ2n) is 3.58. The van der Waals surface area contributed by atoms with E-state index in [0.717, 1.165) is 0 Å². The number of anilines is 1. The monoisotopic (exact) mass is 311 g/mol. The van der Waals surface area contributed by atoms with E-state index in [0.29, 0.717) is 27.4 Å². The summed E-state index contributed by atoms with van der Waals surface area (Å²) in [4.78, 5) is 0. The van der Waals surface area contributed by atoms with Crippen LogP contribution >= 0.6 is 15.9 Å². The molecule has 0 heterocycles. The first-order valence-electron chi connectivity index (χ1n) is 5.16. The fourth-order valence-electron chi connectivity index (χ4n) is 1.40. The molecule has 0 saturated carbocycles. The van der Waals surface area contributed by atoms with Crippen molar-refractivity contribution in [1.82, 2.24) is 0 Å². The zero-order chi connectivity index (χ0) is 13.1. The maximum Gasteiger partial charge on any atom is 0.153 e. The van der Waals surface area contributed by atoms with Gasteiger partial charge in [-0.05, 0) is 46.3 Å². The van der Waals surface area contributed by atoms with Crippen LogP contribution < -0.4 is 15.2 Å². The molecule has 94 valence electrons. The van der Waals surface area contributed by atoms with Crippen LogP contribution in [0, 0.1) is 5.82 Å². The Morgan fingerprint density at radius 1 is 1.11 bits per heavy atom. The molecule has 3 nitrogen and oxygen atoms in total. The van der Waals surface area contributed by atoms with Crippen molar-refractivity contribution in [2.75, 3.05) is 12.8 Å². The average Bonchev–Trinajstić information content (AvgIpc) is 2.36. The van der Waals surface area contributed by atoms with Crippen molar-refractivity contribution in [1.29, 1.82) is 0 Å². The van der Waals surface area contributed by atoms with Crippen LogP contribution in [0.25, 0.3) is 0 Å². The van der Waals surface area contributed by atoms with E-state index >= 15 is 0 Å². The summed E-state index contributed by atoms with van der Waals surface area (Å²) in [7, 11) is 1.56. The Labute approximate surface area is 112 Å². The number of nitrogens with two attached hydrogens (primary N) is 1. The van der Waals surface area contributed by atoms with Crippen molar-refractivity contribution in [2.45, 2.75) is 0 Å². The molecule has 0 aliphatic rings. The van der Waals surface area contributed by atoms with Gasteiger partial charge < -0.3 is 15.2 Å². The van der Waals surface area contributed by atoms with Crippen LogP contribution in [0.15, 0.2) is 40.9 Å². The summed E-state index contributed by atoms with van der Waals surface area (Å²) in [6, 6.07) is 9.48. The lowest BCUT2D eigenvalue weighted by Gasteiger charge is -2.10. The van der Waals surface area contributed by atoms with E-state index in [1.165, 1.54) is 18.2 Å². The van der Waals surface area contributed by atoms with E-state index in [9.17, 15) is 4.39 Å². The van der Waals surface area contributed by atoms with Gasteiger partial charge in [0.2, 0.25) is 0 Å². The molecule has 0 fully saturated rings. The molecule has 5 heteroatoms.